The predicted octanol–water partition coefficient (Wildman–Crippen LogP) is 2.99. The van der Waals surface area contributed by atoms with E-state index in [-0.39, 0.29) is 0 Å². The number of hydrogen-bond acceptors (Lipinski definition) is 6. The molecule has 114 valence electrons. The van der Waals surface area contributed by atoms with Crippen molar-refractivity contribution >= 4 is 22.7 Å². The van der Waals surface area contributed by atoms with Crippen LogP contribution in [0.3, 0.4) is 0 Å². The number of aromatic nitrogens is 2. The number of rotatable bonds is 6. The maximum atomic E-state index is 5.76. The summed E-state index contributed by atoms with van der Waals surface area (Å²) in [4.78, 5) is 8.89. The number of anilines is 2. The Hall–Kier alpha value is -2.60. The molecule has 6 heteroatoms. The second kappa shape index (κ2) is 6.44. The van der Waals surface area contributed by atoms with Crippen LogP contribution in [0, 0.1) is 0 Å². The Kier molecular flexibility index (Phi) is 4.20. The molecule has 2 heterocycles. The molecule has 0 saturated heterocycles. The van der Waals surface area contributed by atoms with Crippen LogP contribution >= 0.6 is 0 Å². The van der Waals surface area contributed by atoms with Crippen molar-refractivity contribution in [3.8, 4) is 11.5 Å². The van der Waals surface area contributed by atoms with E-state index in [2.05, 4.69) is 20.6 Å². The molecule has 0 bridgehead atoms. The normalized spacial score (nSPS) is 10.8. The first-order chi connectivity index (χ1) is 10.8. The number of methoxy groups -OCH3 is 1. The molecular formula is C16H18N4O2. The highest BCUT2D eigenvalue weighted by molar-refractivity contribution is 5.74. The number of oxazole rings is 1. The van der Waals surface area contributed by atoms with Gasteiger partial charge in [-0.05, 0) is 36.4 Å². The van der Waals surface area contributed by atoms with Gasteiger partial charge in [0.05, 0.1) is 6.61 Å². The van der Waals surface area contributed by atoms with E-state index in [0.717, 1.165) is 22.6 Å². The summed E-state index contributed by atoms with van der Waals surface area (Å²) < 4.78 is 10.8. The summed E-state index contributed by atoms with van der Waals surface area (Å²) in [5.41, 5.74) is 3.23. The van der Waals surface area contributed by atoms with Gasteiger partial charge in [0.25, 0.3) is 0 Å². The standard InChI is InChI=1S/C16H18N4O2/c1-17-12-5-3-11(4-6-12)15-19-13-7-8-14(18-9-10-21-2)20-16(13)22-15/h3-8,17H,9-10H2,1-2H3,(H,18,20). The van der Waals surface area contributed by atoms with Crippen molar-refractivity contribution in [1.29, 1.82) is 0 Å². The molecule has 0 unspecified atom stereocenters. The Morgan fingerprint density at radius 3 is 2.64 bits per heavy atom. The molecule has 0 aliphatic rings. The molecule has 2 N–H and O–H groups in total. The highest BCUT2D eigenvalue weighted by Crippen LogP contribution is 2.25. The number of nitrogens with zero attached hydrogens (tertiary/aromatic N) is 2. The summed E-state index contributed by atoms with van der Waals surface area (Å²) in [6, 6.07) is 11.7. The molecule has 0 saturated carbocycles. The summed E-state index contributed by atoms with van der Waals surface area (Å²) in [5, 5.41) is 6.25. The molecule has 0 fully saturated rings. The number of benzene rings is 1. The van der Waals surface area contributed by atoms with E-state index in [9.17, 15) is 0 Å². The molecule has 2 aromatic heterocycles. The summed E-state index contributed by atoms with van der Waals surface area (Å²) in [6.45, 7) is 1.32. The van der Waals surface area contributed by atoms with Gasteiger partial charge in [0.2, 0.25) is 11.6 Å². The SMILES string of the molecule is CNc1ccc(-c2nc3ccc(NCCOC)nc3o2)cc1. The van der Waals surface area contributed by atoms with Gasteiger partial charge in [-0.25, -0.2) is 4.98 Å². The van der Waals surface area contributed by atoms with Crippen LogP contribution < -0.4 is 10.6 Å². The quantitative estimate of drug-likeness (QED) is 0.682. The predicted molar refractivity (Wildman–Crippen MR) is 87.2 cm³/mol. The van der Waals surface area contributed by atoms with Gasteiger partial charge >= 0.3 is 0 Å². The van der Waals surface area contributed by atoms with E-state index in [1.165, 1.54) is 0 Å². The van der Waals surface area contributed by atoms with E-state index in [1.807, 2.05) is 43.4 Å². The van der Waals surface area contributed by atoms with E-state index < -0.39 is 0 Å². The van der Waals surface area contributed by atoms with Gasteiger partial charge in [-0.2, -0.15) is 4.98 Å². The molecule has 0 spiro atoms. The van der Waals surface area contributed by atoms with Gasteiger partial charge in [-0.3, -0.25) is 0 Å². The largest absolute Gasteiger partial charge is 0.418 e. The highest BCUT2D eigenvalue weighted by Gasteiger charge is 2.10. The smallest absolute Gasteiger partial charge is 0.249 e. The fraction of sp³-hybridized carbons (Fsp3) is 0.250. The second-order valence-corrected chi connectivity index (χ2v) is 4.79. The van der Waals surface area contributed by atoms with Gasteiger partial charge in [-0.1, -0.05) is 0 Å². The van der Waals surface area contributed by atoms with Crippen LogP contribution in [0.4, 0.5) is 11.5 Å². The van der Waals surface area contributed by atoms with Crippen molar-refractivity contribution in [3.05, 3.63) is 36.4 Å². The summed E-state index contributed by atoms with van der Waals surface area (Å²) in [5.74, 6) is 1.32. The minimum Gasteiger partial charge on any atom is -0.418 e. The highest BCUT2D eigenvalue weighted by atomic mass is 16.5. The van der Waals surface area contributed by atoms with Crippen molar-refractivity contribution in [2.45, 2.75) is 0 Å². The molecule has 3 aromatic rings. The third-order valence-electron chi connectivity index (χ3n) is 3.29. The van der Waals surface area contributed by atoms with Crippen LogP contribution in [-0.4, -0.2) is 37.3 Å². The number of ether oxygens (including phenoxy) is 1. The first-order valence-electron chi connectivity index (χ1n) is 7.09. The fourth-order valence-corrected chi connectivity index (χ4v) is 2.10. The molecule has 0 aliphatic carbocycles. The third-order valence-corrected chi connectivity index (χ3v) is 3.29. The first kappa shape index (κ1) is 14.3. The minimum atomic E-state index is 0.523. The van der Waals surface area contributed by atoms with Gasteiger partial charge in [-0.15, -0.1) is 0 Å². The molecular weight excluding hydrogens is 280 g/mol. The van der Waals surface area contributed by atoms with Crippen molar-refractivity contribution < 1.29 is 9.15 Å². The molecule has 0 atom stereocenters. The lowest BCUT2D eigenvalue weighted by Crippen LogP contribution is -2.08. The van der Waals surface area contributed by atoms with E-state index in [1.54, 1.807) is 7.11 Å². The lowest BCUT2D eigenvalue weighted by atomic mass is 10.2. The van der Waals surface area contributed by atoms with Gasteiger partial charge < -0.3 is 19.8 Å². The Labute approximate surface area is 128 Å². The Morgan fingerprint density at radius 1 is 1.09 bits per heavy atom. The maximum Gasteiger partial charge on any atom is 0.249 e. The molecule has 3 rings (SSSR count). The minimum absolute atomic E-state index is 0.523. The molecule has 0 amide bonds. The van der Waals surface area contributed by atoms with E-state index in [4.69, 9.17) is 9.15 Å². The van der Waals surface area contributed by atoms with Crippen molar-refractivity contribution in [3.63, 3.8) is 0 Å². The Balaban J connectivity index is 1.85. The van der Waals surface area contributed by atoms with Crippen LogP contribution in [0.2, 0.25) is 0 Å². The van der Waals surface area contributed by atoms with E-state index in [0.29, 0.717) is 24.8 Å². The monoisotopic (exact) mass is 298 g/mol. The molecule has 0 radical (unpaired) electrons. The van der Waals surface area contributed by atoms with Crippen molar-refractivity contribution in [2.75, 3.05) is 37.9 Å². The lowest BCUT2D eigenvalue weighted by molar-refractivity contribution is 0.210. The van der Waals surface area contributed by atoms with Crippen molar-refractivity contribution in [1.82, 2.24) is 9.97 Å². The zero-order chi connectivity index (χ0) is 15.4. The topological polar surface area (TPSA) is 72.2 Å². The maximum absolute atomic E-state index is 5.76. The number of pyridine rings is 1. The number of hydrogen-bond donors (Lipinski definition) is 2. The van der Waals surface area contributed by atoms with Crippen LogP contribution in [0.25, 0.3) is 22.7 Å². The van der Waals surface area contributed by atoms with Gasteiger partial charge in [0.15, 0.2) is 0 Å². The molecule has 0 aliphatic heterocycles. The van der Waals surface area contributed by atoms with Crippen LogP contribution in [0.1, 0.15) is 0 Å². The second-order valence-electron chi connectivity index (χ2n) is 4.79. The first-order valence-corrected chi connectivity index (χ1v) is 7.09. The summed E-state index contributed by atoms with van der Waals surface area (Å²) in [7, 11) is 3.55. The molecule has 22 heavy (non-hydrogen) atoms. The molecule has 1 aromatic carbocycles. The Bertz CT molecular complexity index is 752. The lowest BCUT2D eigenvalue weighted by Gasteiger charge is -2.03. The third kappa shape index (κ3) is 3.01. The van der Waals surface area contributed by atoms with Gasteiger partial charge in [0.1, 0.15) is 11.3 Å². The van der Waals surface area contributed by atoms with Gasteiger partial charge in [0, 0.05) is 32.0 Å². The fourth-order valence-electron chi connectivity index (χ4n) is 2.10. The van der Waals surface area contributed by atoms with E-state index >= 15 is 0 Å². The van der Waals surface area contributed by atoms with Crippen LogP contribution in [0.15, 0.2) is 40.8 Å². The zero-order valence-electron chi connectivity index (χ0n) is 12.6. The number of fused-ring (bicyclic) bond motifs is 1. The van der Waals surface area contributed by atoms with Crippen molar-refractivity contribution in [2.24, 2.45) is 0 Å². The van der Waals surface area contributed by atoms with Crippen LogP contribution in [0.5, 0.6) is 0 Å². The number of nitrogens with one attached hydrogen (secondary N) is 2. The van der Waals surface area contributed by atoms with Crippen LogP contribution in [-0.2, 0) is 4.74 Å². The zero-order valence-corrected chi connectivity index (χ0v) is 12.6. The summed E-state index contributed by atoms with van der Waals surface area (Å²) >= 11 is 0. The molecule has 6 nitrogen and oxygen atoms in total. The summed E-state index contributed by atoms with van der Waals surface area (Å²) in [6.07, 6.45) is 0. The average molecular weight is 298 g/mol. The average Bonchev–Trinajstić information content (AvgIpc) is 2.98. The Morgan fingerprint density at radius 2 is 1.91 bits per heavy atom.